The number of hydrogen-bond donors (Lipinski definition) is 1. The summed E-state index contributed by atoms with van der Waals surface area (Å²) in [5, 5.41) is 3.68. The van der Waals surface area contributed by atoms with E-state index in [9.17, 15) is 13.2 Å². The molecule has 0 bridgehead atoms. The van der Waals surface area contributed by atoms with E-state index >= 15 is 0 Å². The Balaban J connectivity index is 1.88. The van der Waals surface area contributed by atoms with Crippen LogP contribution in [-0.2, 0) is 19.7 Å². The fraction of sp³-hybridized carbons (Fsp3) is 0.125. The van der Waals surface area contributed by atoms with Gasteiger partial charge >= 0.3 is 0 Å². The van der Waals surface area contributed by atoms with Gasteiger partial charge in [0.1, 0.15) is 0 Å². The predicted molar refractivity (Wildman–Crippen MR) is 85.9 cm³/mol. The monoisotopic (exact) mass is 330 g/mol. The van der Waals surface area contributed by atoms with Crippen LogP contribution in [0.15, 0.2) is 58.6 Å². The van der Waals surface area contributed by atoms with Crippen molar-refractivity contribution >= 4 is 27.2 Å². The zero-order valence-electron chi connectivity index (χ0n) is 12.3. The van der Waals surface area contributed by atoms with Crippen molar-refractivity contribution in [3.63, 3.8) is 0 Å². The molecule has 0 aromatic heterocycles. The lowest BCUT2D eigenvalue weighted by atomic mass is 10.1. The molecule has 1 aliphatic rings. The minimum Gasteiger partial charge on any atom is -0.387 e. The van der Waals surface area contributed by atoms with Crippen molar-refractivity contribution in [2.45, 2.75) is 11.8 Å². The zero-order chi connectivity index (χ0) is 16.4. The van der Waals surface area contributed by atoms with Gasteiger partial charge in [0.2, 0.25) is 5.78 Å². The van der Waals surface area contributed by atoms with E-state index in [1.54, 1.807) is 48.5 Å². The zero-order valence-corrected chi connectivity index (χ0v) is 13.1. The van der Waals surface area contributed by atoms with Gasteiger partial charge in [-0.15, -0.1) is 0 Å². The molecule has 1 aliphatic heterocycles. The van der Waals surface area contributed by atoms with Gasteiger partial charge in [-0.05, 0) is 31.2 Å². The maximum atomic E-state index is 12.4. The first-order valence-electron chi connectivity index (χ1n) is 6.89. The Morgan fingerprint density at radius 1 is 1.13 bits per heavy atom. The molecule has 0 fully saturated rings. The Hall–Kier alpha value is -2.67. The summed E-state index contributed by atoms with van der Waals surface area (Å²) in [6.07, 6.45) is 0. The summed E-state index contributed by atoms with van der Waals surface area (Å²) in [5.41, 5.74) is 2.03. The van der Waals surface area contributed by atoms with Crippen LogP contribution in [-0.4, -0.2) is 26.5 Å². The van der Waals surface area contributed by atoms with Gasteiger partial charge in [-0.2, -0.15) is 0 Å². The van der Waals surface area contributed by atoms with Crippen LogP contribution < -0.4 is 4.72 Å². The number of anilines is 1. The van der Waals surface area contributed by atoms with Crippen molar-refractivity contribution in [1.82, 2.24) is 0 Å². The number of Topliss-reactive ketones (excluding diaryl/α,β-unsaturated/α-hetero) is 1. The second-order valence-electron chi connectivity index (χ2n) is 5.14. The minimum atomic E-state index is -3.69. The Morgan fingerprint density at radius 3 is 2.52 bits per heavy atom. The number of nitrogens with zero attached hydrogens (tertiary/aromatic N) is 1. The first kappa shape index (κ1) is 15.2. The van der Waals surface area contributed by atoms with E-state index in [1.807, 2.05) is 6.92 Å². The third-order valence-corrected chi connectivity index (χ3v) is 4.73. The highest BCUT2D eigenvalue weighted by molar-refractivity contribution is 7.92. The van der Waals surface area contributed by atoms with Gasteiger partial charge < -0.3 is 4.84 Å². The number of ketones is 1. The van der Waals surface area contributed by atoms with Gasteiger partial charge in [0.15, 0.2) is 12.3 Å². The molecule has 7 heteroatoms. The quantitative estimate of drug-likeness (QED) is 0.930. The second kappa shape index (κ2) is 5.85. The molecular weight excluding hydrogens is 316 g/mol. The number of rotatable bonds is 4. The third kappa shape index (κ3) is 3.24. The van der Waals surface area contributed by atoms with E-state index in [0.29, 0.717) is 11.3 Å². The summed E-state index contributed by atoms with van der Waals surface area (Å²) >= 11 is 0. The van der Waals surface area contributed by atoms with Crippen LogP contribution in [0.25, 0.3) is 0 Å². The fourth-order valence-electron chi connectivity index (χ4n) is 2.15. The fourth-order valence-corrected chi connectivity index (χ4v) is 3.20. The molecule has 23 heavy (non-hydrogen) atoms. The Kier molecular flexibility index (Phi) is 3.87. The highest BCUT2D eigenvalue weighted by Crippen LogP contribution is 2.19. The van der Waals surface area contributed by atoms with Crippen LogP contribution in [0.4, 0.5) is 5.69 Å². The molecule has 6 nitrogen and oxygen atoms in total. The third-order valence-electron chi connectivity index (χ3n) is 3.34. The van der Waals surface area contributed by atoms with E-state index in [-0.39, 0.29) is 23.0 Å². The lowest BCUT2D eigenvalue weighted by Gasteiger charge is -2.09. The van der Waals surface area contributed by atoms with Crippen LogP contribution in [0.1, 0.15) is 11.1 Å². The molecule has 0 spiro atoms. The molecule has 2 aromatic rings. The summed E-state index contributed by atoms with van der Waals surface area (Å²) in [4.78, 5) is 16.5. The number of oxime groups is 1. The average Bonchev–Trinajstić information content (AvgIpc) is 2.94. The number of benzene rings is 2. The number of hydrogen-bond acceptors (Lipinski definition) is 5. The molecule has 1 heterocycles. The number of aryl methyl sites for hydroxylation is 1. The molecule has 1 N–H and O–H groups in total. The number of carbonyl (C=O) groups is 1. The molecular formula is C16H14N2O4S. The van der Waals surface area contributed by atoms with E-state index in [1.165, 1.54) is 0 Å². The van der Waals surface area contributed by atoms with Crippen molar-refractivity contribution in [2.24, 2.45) is 5.16 Å². The van der Waals surface area contributed by atoms with Gasteiger partial charge in [0.05, 0.1) is 4.90 Å². The standard InChI is InChI=1S/C16H14N2O4S/c1-11-5-7-14(8-6-11)23(20,21)18-13-4-2-3-12(9-13)16-15(19)10-22-17-16/h2-9,18H,10H2,1H3. The molecule has 0 radical (unpaired) electrons. The normalized spacial score (nSPS) is 14.3. The minimum absolute atomic E-state index is 0.0886. The molecule has 0 atom stereocenters. The van der Waals surface area contributed by atoms with Gasteiger partial charge in [-0.25, -0.2) is 8.42 Å². The van der Waals surface area contributed by atoms with Gasteiger partial charge in [0, 0.05) is 11.3 Å². The van der Waals surface area contributed by atoms with Crippen LogP contribution in [0.5, 0.6) is 0 Å². The SMILES string of the molecule is Cc1ccc(S(=O)(=O)Nc2cccc(C3=NOCC3=O)c2)cc1. The average molecular weight is 330 g/mol. The van der Waals surface area contributed by atoms with Gasteiger partial charge in [0.25, 0.3) is 10.0 Å². The van der Waals surface area contributed by atoms with E-state index < -0.39 is 10.0 Å². The van der Waals surface area contributed by atoms with Crippen molar-refractivity contribution in [1.29, 1.82) is 0 Å². The Morgan fingerprint density at radius 2 is 1.87 bits per heavy atom. The lowest BCUT2D eigenvalue weighted by Crippen LogP contribution is -2.15. The van der Waals surface area contributed by atoms with E-state index in [2.05, 4.69) is 9.88 Å². The molecule has 0 saturated carbocycles. The smallest absolute Gasteiger partial charge is 0.261 e. The van der Waals surface area contributed by atoms with Crippen molar-refractivity contribution in [3.8, 4) is 0 Å². The van der Waals surface area contributed by atoms with Crippen molar-refractivity contribution < 1.29 is 18.0 Å². The predicted octanol–water partition coefficient (Wildman–Crippen LogP) is 2.10. The Labute approximate surface area is 133 Å². The first-order chi connectivity index (χ1) is 11.0. The van der Waals surface area contributed by atoms with Crippen LogP contribution in [0, 0.1) is 6.92 Å². The number of sulfonamides is 1. The molecule has 0 amide bonds. The summed E-state index contributed by atoms with van der Waals surface area (Å²) in [6, 6.07) is 13.0. The van der Waals surface area contributed by atoms with Crippen LogP contribution in [0.2, 0.25) is 0 Å². The number of carbonyl (C=O) groups excluding carboxylic acids is 1. The summed E-state index contributed by atoms with van der Waals surface area (Å²) in [7, 11) is -3.69. The maximum Gasteiger partial charge on any atom is 0.261 e. The summed E-state index contributed by atoms with van der Waals surface area (Å²) < 4.78 is 27.3. The van der Waals surface area contributed by atoms with Gasteiger partial charge in [-0.3, -0.25) is 9.52 Å². The first-order valence-corrected chi connectivity index (χ1v) is 8.37. The second-order valence-corrected chi connectivity index (χ2v) is 6.82. The largest absolute Gasteiger partial charge is 0.387 e. The molecule has 3 rings (SSSR count). The molecule has 118 valence electrons. The summed E-state index contributed by atoms with van der Waals surface area (Å²) in [6.45, 7) is 1.80. The van der Waals surface area contributed by atoms with Gasteiger partial charge in [-0.1, -0.05) is 35.0 Å². The van der Waals surface area contributed by atoms with E-state index in [4.69, 9.17) is 4.84 Å². The van der Waals surface area contributed by atoms with Crippen LogP contribution in [0.3, 0.4) is 0 Å². The molecule has 2 aromatic carbocycles. The highest BCUT2D eigenvalue weighted by Gasteiger charge is 2.22. The highest BCUT2D eigenvalue weighted by atomic mass is 32.2. The number of nitrogens with one attached hydrogen (secondary N) is 1. The molecule has 0 aliphatic carbocycles. The topological polar surface area (TPSA) is 84.8 Å². The van der Waals surface area contributed by atoms with Crippen LogP contribution >= 0.6 is 0 Å². The molecule has 0 unspecified atom stereocenters. The van der Waals surface area contributed by atoms with Crippen molar-refractivity contribution in [3.05, 3.63) is 59.7 Å². The Bertz CT molecular complexity index is 887. The maximum absolute atomic E-state index is 12.4. The lowest BCUT2D eigenvalue weighted by molar-refractivity contribution is -0.114. The van der Waals surface area contributed by atoms with Crippen molar-refractivity contribution in [2.75, 3.05) is 11.3 Å². The van der Waals surface area contributed by atoms with E-state index in [0.717, 1.165) is 5.56 Å². The molecule has 0 saturated heterocycles. The summed E-state index contributed by atoms with van der Waals surface area (Å²) in [5.74, 6) is -0.233.